The molecule has 2 aromatic carbocycles. The molecule has 21 heavy (non-hydrogen) atoms. The topological polar surface area (TPSA) is 22.1 Å². The van der Waals surface area contributed by atoms with Crippen LogP contribution >= 0.6 is 0 Å². The molecule has 0 aliphatic carbocycles. The standard InChI is InChI=1S/C19H19NO/c1-12-9-16-11-19(15-5-7-17(21-4)8-6-15)20-14(3)18(16)10-13(12)2/h5-11H,1-4H3. The van der Waals surface area contributed by atoms with E-state index in [1.165, 1.54) is 21.9 Å². The average Bonchev–Trinajstić information content (AvgIpc) is 2.49. The van der Waals surface area contributed by atoms with E-state index < -0.39 is 0 Å². The minimum Gasteiger partial charge on any atom is -0.497 e. The highest BCUT2D eigenvalue weighted by molar-refractivity contribution is 5.89. The van der Waals surface area contributed by atoms with E-state index in [1.807, 2.05) is 24.3 Å². The monoisotopic (exact) mass is 277 g/mol. The summed E-state index contributed by atoms with van der Waals surface area (Å²) in [5.74, 6) is 0.864. The first-order chi connectivity index (χ1) is 10.1. The Kier molecular flexibility index (Phi) is 3.38. The van der Waals surface area contributed by atoms with Crippen molar-refractivity contribution in [2.24, 2.45) is 0 Å². The van der Waals surface area contributed by atoms with E-state index in [4.69, 9.17) is 9.72 Å². The second-order valence-electron chi connectivity index (χ2n) is 5.48. The lowest BCUT2D eigenvalue weighted by atomic mass is 10.00. The summed E-state index contributed by atoms with van der Waals surface area (Å²) in [7, 11) is 1.68. The molecule has 0 unspecified atom stereocenters. The maximum absolute atomic E-state index is 5.21. The molecular formula is C19H19NO. The second-order valence-corrected chi connectivity index (χ2v) is 5.48. The van der Waals surface area contributed by atoms with Gasteiger partial charge in [0, 0.05) is 16.6 Å². The summed E-state index contributed by atoms with van der Waals surface area (Å²) in [6.45, 7) is 6.37. The van der Waals surface area contributed by atoms with Gasteiger partial charge in [0.25, 0.3) is 0 Å². The maximum Gasteiger partial charge on any atom is 0.118 e. The van der Waals surface area contributed by atoms with E-state index in [0.29, 0.717) is 0 Å². The molecule has 0 N–H and O–H groups in total. The average molecular weight is 277 g/mol. The van der Waals surface area contributed by atoms with E-state index in [2.05, 4.69) is 39.0 Å². The molecule has 0 atom stereocenters. The zero-order valence-electron chi connectivity index (χ0n) is 12.9. The van der Waals surface area contributed by atoms with E-state index in [9.17, 15) is 0 Å². The fourth-order valence-corrected chi connectivity index (χ4v) is 2.60. The third-order valence-electron chi connectivity index (χ3n) is 4.02. The fourth-order valence-electron chi connectivity index (χ4n) is 2.60. The molecule has 3 rings (SSSR count). The van der Waals surface area contributed by atoms with E-state index in [1.54, 1.807) is 7.11 Å². The highest BCUT2D eigenvalue weighted by Gasteiger charge is 2.07. The first-order valence-corrected chi connectivity index (χ1v) is 7.11. The highest BCUT2D eigenvalue weighted by Crippen LogP contribution is 2.27. The van der Waals surface area contributed by atoms with Crippen LogP contribution in [-0.4, -0.2) is 12.1 Å². The molecular weight excluding hydrogens is 258 g/mol. The SMILES string of the molecule is COc1ccc(-c2cc3cc(C)c(C)cc3c(C)n2)cc1. The minimum atomic E-state index is 0.864. The van der Waals surface area contributed by atoms with Crippen molar-refractivity contribution in [2.75, 3.05) is 7.11 Å². The van der Waals surface area contributed by atoms with Gasteiger partial charge in [0.2, 0.25) is 0 Å². The number of fused-ring (bicyclic) bond motifs is 1. The van der Waals surface area contributed by atoms with Gasteiger partial charge in [-0.1, -0.05) is 6.07 Å². The van der Waals surface area contributed by atoms with Crippen LogP contribution in [0.2, 0.25) is 0 Å². The van der Waals surface area contributed by atoms with E-state index >= 15 is 0 Å². The van der Waals surface area contributed by atoms with Gasteiger partial charge in [-0.15, -0.1) is 0 Å². The molecule has 0 aliphatic rings. The number of aromatic nitrogens is 1. The maximum atomic E-state index is 5.21. The van der Waals surface area contributed by atoms with Crippen LogP contribution in [0.15, 0.2) is 42.5 Å². The Bertz CT molecular complexity index is 804. The number of benzene rings is 2. The van der Waals surface area contributed by atoms with Crippen molar-refractivity contribution in [2.45, 2.75) is 20.8 Å². The van der Waals surface area contributed by atoms with Crippen LogP contribution in [0, 0.1) is 20.8 Å². The number of rotatable bonds is 2. The number of nitrogens with zero attached hydrogens (tertiary/aromatic N) is 1. The van der Waals surface area contributed by atoms with Crippen LogP contribution in [0.25, 0.3) is 22.0 Å². The Balaban J connectivity index is 2.17. The molecule has 0 bridgehead atoms. The zero-order chi connectivity index (χ0) is 15.0. The van der Waals surface area contributed by atoms with Crippen molar-refractivity contribution in [3.8, 4) is 17.0 Å². The molecule has 1 aromatic heterocycles. The third-order valence-corrected chi connectivity index (χ3v) is 4.02. The van der Waals surface area contributed by atoms with Gasteiger partial charge in [0.05, 0.1) is 12.8 Å². The lowest BCUT2D eigenvalue weighted by Gasteiger charge is -2.10. The molecule has 3 aromatic rings. The van der Waals surface area contributed by atoms with Crippen LogP contribution in [0.1, 0.15) is 16.8 Å². The lowest BCUT2D eigenvalue weighted by Crippen LogP contribution is -1.92. The first kappa shape index (κ1) is 13.6. The summed E-state index contributed by atoms with van der Waals surface area (Å²) in [6.07, 6.45) is 0. The summed E-state index contributed by atoms with van der Waals surface area (Å²) < 4.78 is 5.21. The minimum absolute atomic E-state index is 0.864. The van der Waals surface area contributed by atoms with Gasteiger partial charge in [-0.3, -0.25) is 4.98 Å². The molecule has 0 radical (unpaired) electrons. The smallest absolute Gasteiger partial charge is 0.118 e. The van der Waals surface area contributed by atoms with Crippen molar-refractivity contribution >= 4 is 10.8 Å². The fraction of sp³-hybridized carbons (Fsp3) is 0.211. The molecule has 0 fully saturated rings. The lowest BCUT2D eigenvalue weighted by molar-refractivity contribution is 0.415. The summed E-state index contributed by atoms with van der Waals surface area (Å²) in [6, 6.07) is 14.7. The Labute approximate surface area is 125 Å². The predicted molar refractivity (Wildman–Crippen MR) is 87.9 cm³/mol. The van der Waals surface area contributed by atoms with Crippen LogP contribution in [0.4, 0.5) is 0 Å². The predicted octanol–water partition coefficient (Wildman–Crippen LogP) is 4.84. The Hall–Kier alpha value is -2.35. The molecule has 0 amide bonds. The molecule has 0 spiro atoms. The van der Waals surface area contributed by atoms with Crippen molar-refractivity contribution < 1.29 is 4.74 Å². The first-order valence-electron chi connectivity index (χ1n) is 7.11. The molecule has 1 heterocycles. The van der Waals surface area contributed by atoms with Gasteiger partial charge in [-0.2, -0.15) is 0 Å². The van der Waals surface area contributed by atoms with Crippen molar-refractivity contribution in [3.05, 3.63) is 59.3 Å². The Morgan fingerprint density at radius 1 is 0.857 bits per heavy atom. The van der Waals surface area contributed by atoms with Gasteiger partial charge in [0.1, 0.15) is 5.75 Å². The van der Waals surface area contributed by atoms with Gasteiger partial charge >= 0.3 is 0 Å². The summed E-state index contributed by atoms with van der Waals surface area (Å²) in [5, 5.41) is 2.48. The quantitative estimate of drug-likeness (QED) is 0.669. The zero-order valence-corrected chi connectivity index (χ0v) is 12.9. The number of methoxy groups -OCH3 is 1. The van der Waals surface area contributed by atoms with Crippen LogP contribution in [0.5, 0.6) is 5.75 Å². The van der Waals surface area contributed by atoms with Gasteiger partial charge in [0.15, 0.2) is 0 Å². The summed E-state index contributed by atoms with van der Waals surface area (Å²) in [5.41, 5.74) is 5.81. The molecule has 0 aliphatic heterocycles. The Morgan fingerprint density at radius 2 is 1.52 bits per heavy atom. The molecule has 0 saturated heterocycles. The van der Waals surface area contributed by atoms with E-state index in [0.717, 1.165) is 22.7 Å². The number of ether oxygens (including phenoxy) is 1. The van der Waals surface area contributed by atoms with Gasteiger partial charge < -0.3 is 4.74 Å². The van der Waals surface area contributed by atoms with Crippen molar-refractivity contribution in [3.63, 3.8) is 0 Å². The molecule has 106 valence electrons. The summed E-state index contributed by atoms with van der Waals surface area (Å²) >= 11 is 0. The van der Waals surface area contributed by atoms with Crippen LogP contribution in [-0.2, 0) is 0 Å². The normalized spacial score (nSPS) is 10.9. The number of aryl methyl sites for hydroxylation is 3. The molecule has 2 heteroatoms. The largest absolute Gasteiger partial charge is 0.497 e. The van der Waals surface area contributed by atoms with Gasteiger partial charge in [-0.05, 0) is 73.7 Å². The Morgan fingerprint density at radius 3 is 2.19 bits per heavy atom. The number of pyridine rings is 1. The van der Waals surface area contributed by atoms with E-state index in [-0.39, 0.29) is 0 Å². The number of hydrogen-bond donors (Lipinski definition) is 0. The van der Waals surface area contributed by atoms with Crippen LogP contribution in [0.3, 0.4) is 0 Å². The third kappa shape index (κ3) is 2.49. The number of hydrogen-bond acceptors (Lipinski definition) is 2. The van der Waals surface area contributed by atoms with Crippen molar-refractivity contribution in [1.82, 2.24) is 4.98 Å². The molecule has 2 nitrogen and oxygen atoms in total. The summed E-state index contributed by atoms with van der Waals surface area (Å²) in [4.78, 5) is 4.76. The molecule has 0 saturated carbocycles. The van der Waals surface area contributed by atoms with Crippen LogP contribution < -0.4 is 4.74 Å². The van der Waals surface area contributed by atoms with Crippen molar-refractivity contribution in [1.29, 1.82) is 0 Å². The second kappa shape index (κ2) is 5.21. The van der Waals surface area contributed by atoms with Gasteiger partial charge in [-0.25, -0.2) is 0 Å². The highest BCUT2D eigenvalue weighted by atomic mass is 16.5.